The molecule has 0 spiro atoms. The Balaban J connectivity index is 2.09. The molecule has 0 aromatic heterocycles. The molecule has 3 heteroatoms. The number of halogens is 1. The van der Waals surface area contributed by atoms with Crippen molar-refractivity contribution in [2.45, 2.75) is 19.9 Å². The lowest BCUT2D eigenvalue weighted by molar-refractivity contribution is 0.282. The maximum atomic E-state index is 5.81. The number of nitrogen functional groups attached to an aromatic ring is 1. The lowest BCUT2D eigenvalue weighted by Gasteiger charge is -2.26. The van der Waals surface area contributed by atoms with Crippen LogP contribution >= 0.6 is 15.9 Å². The fourth-order valence-electron chi connectivity index (χ4n) is 2.08. The number of anilines is 1. The second-order valence-corrected chi connectivity index (χ2v) is 5.25. The van der Waals surface area contributed by atoms with Gasteiger partial charge in [0.2, 0.25) is 0 Å². The predicted octanol–water partition coefficient (Wildman–Crippen LogP) is 3.18. The highest BCUT2D eigenvalue weighted by atomic mass is 79.9. The van der Waals surface area contributed by atoms with E-state index in [1.54, 1.807) is 0 Å². The summed E-state index contributed by atoms with van der Waals surface area (Å²) in [6.45, 7) is 5.37. The first-order chi connectivity index (χ1) is 7.65. The van der Waals surface area contributed by atoms with Gasteiger partial charge in [-0.2, -0.15) is 0 Å². The van der Waals surface area contributed by atoms with Gasteiger partial charge < -0.3 is 5.73 Å². The third kappa shape index (κ3) is 2.86. The van der Waals surface area contributed by atoms with Crippen LogP contribution in [0.15, 0.2) is 34.3 Å². The molecular weight excluding hydrogens is 264 g/mol. The molecule has 86 valence electrons. The molecule has 0 atom stereocenters. The van der Waals surface area contributed by atoms with Crippen molar-refractivity contribution in [2.75, 3.05) is 18.8 Å². The molecule has 1 aromatic rings. The normalized spacial score (nSPS) is 17.2. The van der Waals surface area contributed by atoms with E-state index in [9.17, 15) is 0 Å². The lowest BCUT2D eigenvalue weighted by Crippen LogP contribution is -2.28. The Kier molecular flexibility index (Phi) is 3.66. The van der Waals surface area contributed by atoms with Crippen molar-refractivity contribution in [3.05, 3.63) is 39.9 Å². The average Bonchev–Trinajstić information content (AvgIpc) is 2.24. The molecule has 1 aromatic carbocycles. The first-order valence-corrected chi connectivity index (χ1v) is 6.36. The topological polar surface area (TPSA) is 29.3 Å². The summed E-state index contributed by atoms with van der Waals surface area (Å²) in [5.41, 5.74) is 9.38. The van der Waals surface area contributed by atoms with E-state index < -0.39 is 0 Å². The van der Waals surface area contributed by atoms with Gasteiger partial charge in [-0.1, -0.05) is 27.6 Å². The van der Waals surface area contributed by atoms with Crippen LogP contribution in [-0.4, -0.2) is 18.0 Å². The highest BCUT2D eigenvalue weighted by molar-refractivity contribution is 9.10. The Hall–Kier alpha value is -0.800. The summed E-state index contributed by atoms with van der Waals surface area (Å²) in [5, 5.41) is 0. The van der Waals surface area contributed by atoms with Gasteiger partial charge in [0, 0.05) is 29.8 Å². The van der Waals surface area contributed by atoms with Gasteiger partial charge in [-0.05, 0) is 37.1 Å². The Bertz CT molecular complexity index is 412. The van der Waals surface area contributed by atoms with Gasteiger partial charge in [0.1, 0.15) is 0 Å². The van der Waals surface area contributed by atoms with Crippen molar-refractivity contribution >= 4 is 21.6 Å². The first-order valence-electron chi connectivity index (χ1n) is 5.57. The van der Waals surface area contributed by atoms with E-state index in [4.69, 9.17) is 5.73 Å². The molecule has 0 saturated heterocycles. The number of hydrogen-bond acceptors (Lipinski definition) is 2. The number of nitrogens with two attached hydrogens (primary N) is 1. The van der Waals surface area contributed by atoms with Crippen LogP contribution in [0.1, 0.15) is 18.9 Å². The Morgan fingerprint density at radius 1 is 1.44 bits per heavy atom. The quantitative estimate of drug-likeness (QED) is 0.666. The number of nitrogens with zero attached hydrogens (tertiary/aromatic N) is 1. The van der Waals surface area contributed by atoms with Crippen LogP contribution in [0.4, 0.5) is 5.69 Å². The van der Waals surface area contributed by atoms with Gasteiger partial charge in [-0.3, -0.25) is 4.90 Å². The summed E-state index contributed by atoms with van der Waals surface area (Å²) in [4.78, 5) is 2.45. The molecule has 1 aliphatic rings. The second-order valence-electron chi connectivity index (χ2n) is 4.40. The molecule has 0 unspecified atom stereocenters. The fraction of sp³-hybridized carbons (Fsp3) is 0.385. The Labute approximate surface area is 105 Å². The van der Waals surface area contributed by atoms with E-state index in [2.05, 4.69) is 39.9 Å². The molecule has 2 nitrogen and oxygen atoms in total. The van der Waals surface area contributed by atoms with E-state index in [1.807, 2.05) is 12.1 Å². The maximum Gasteiger partial charge on any atom is 0.0318 e. The molecule has 0 amide bonds. The van der Waals surface area contributed by atoms with Gasteiger partial charge in [0.15, 0.2) is 0 Å². The lowest BCUT2D eigenvalue weighted by atomic mass is 10.1. The van der Waals surface area contributed by atoms with Crippen molar-refractivity contribution in [2.24, 2.45) is 0 Å². The van der Waals surface area contributed by atoms with E-state index in [1.165, 1.54) is 11.1 Å². The maximum absolute atomic E-state index is 5.81. The van der Waals surface area contributed by atoms with Gasteiger partial charge >= 0.3 is 0 Å². The van der Waals surface area contributed by atoms with Crippen molar-refractivity contribution in [1.29, 1.82) is 0 Å². The predicted molar refractivity (Wildman–Crippen MR) is 72.2 cm³/mol. The van der Waals surface area contributed by atoms with Crippen molar-refractivity contribution in [1.82, 2.24) is 4.90 Å². The second kappa shape index (κ2) is 5.02. The summed E-state index contributed by atoms with van der Waals surface area (Å²) in [7, 11) is 0. The van der Waals surface area contributed by atoms with Crippen molar-refractivity contribution in [3.8, 4) is 0 Å². The molecule has 0 aliphatic carbocycles. The highest BCUT2D eigenvalue weighted by Crippen LogP contribution is 2.22. The van der Waals surface area contributed by atoms with E-state index in [0.29, 0.717) is 0 Å². The average molecular weight is 281 g/mol. The standard InChI is InChI=1S/C13H17BrN2/c1-10-3-2-6-16(8-10)9-11-7-12(15)4-5-13(11)14/h3-5,7H,2,6,8-9,15H2,1H3. The summed E-state index contributed by atoms with van der Waals surface area (Å²) < 4.78 is 1.15. The third-order valence-corrected chi connectivity index (χ3v) is 3.65. The van der Waals surface area contributed by atoms with Crippen molar-refractivity contribution in [3.63, 3.8) is 0 Å². The zero-order valence-electron chi connectivity index (χ0n) is 9.54. The smallest absolute Gasteiger partial charge is 0.0318 e. The number of rotatable bonds is 2. The van der Waals surface area contributed by atoms with Gasteiger partial charge in [0.25, 0.3) is 0 Å². The van der Waals surface area contributed by atoms with Crippen LogP contribution in [0.25, 0.3) is 0 Å². The molecular formula is C13H17BrN2. The Morgan fingerprint density at radius 2 is 2.25 bits per heavy atom. The minimum atomic E-state index is 0.836. The van der Waals surface area contributed by atoms with Crippen LogP contribution in [0.5, 0.6) is 0 Å². The summed E-state index contributed by atoms with van der Waals surface area (Å²) >= 11 is 3.58. The van der Waals surface area contributed by atoms with Gasteiger partial charge in [-0.15, -0.1) is 0 Å². The van der Waals surface area contributed by atoms with Crippen LogP contribution in [0, 0.1) is 0 Å². The molecule has 1 heterocycles. The zero-order chi connectivity index (χ0) is 11.5. The minimum absolute atomic E-state index is 0.836. The summed E-state index contributed by atoms with van der Waals surface area (Å²) in [6, 6.07) is 6.00. The molecule has 0 saturated carbocycles. The van der Waals surface area contributed by atoms with Crippen LogP contribution in [0.3, 0.4) is 0 Å². The number of benzene rings is 1. The monoisotopic (exact) mass is 280 g/mol. The molecule has 0 radical (unpaired) electrons. The molecule has 1 aliphatic heterocycles. The molecule has 0 fully saturated rings. The minimum Gasteiger partial charge on any atom is -0.399 e. The zero-order valence-corrected chi connectivity index (χ0v) is 11.1. The SMILES string of the molecule is CC1=CCCN(Cc2cc(N)ccc2Br)C1. The van der Waals surface area contributed by atoms with Crippen LogP contribution < -0.4 is 5.73 Å². The van der Waals surface area contributed by atoms with E-state index in [0.717, 1.165) is 36.2 Å². The molecule has 2 N–H and O–H groups in total. The van der Waals surface area contributed by atoms with Gasteiger partial charge in [0.05, 0.1) is 0 Å². The van der Waals surface area contributed by atoms with E-state index in [-0.39, 0.29) is 0 Å². The first kappa shape index (κ1) is 11.7. The van der Waals surface area contributed by atoms with Crippen molar-refractivity contribution < 1.29 is 0 Å². The van der Waals surface area contributed by atoms with Crippen LogP contribution in [-0.2, 0) is 6.54 Å². The molecule has 0 bridgehead atoms. The molecule has 16 heavy (non-hydrogen) atoms. The summed E-state index contributed by atoms with van der Waals surface area (Å²) in [5.74, 6) is 0. The molecule has 2 rings (SSSR count). The Morgan fingerprint density at radius 3 is 3.00 bits per heavy atom. The van der Waals surface area contributed by atoms with E-state index >= 15 is 0 Å². The number of hydrogen-bond donors (Lipinski definition) is 1. The van der Waals surface area contributed by atoms with Crippen LogP contribution in [0.2, 0.25) is 0 Å². The largest absolute Gasteiger partial charge is 0.399 e. The fourth-order valence-corrected chi connectivity index (χ4v) is 2.45. The van der Waals surface area contributed by atoms with Gasteiger partial charge in [-0.25, -0.2) is 0 Å². The third-order valence-electron chi connectivity index (χ3n) is 2.87. The summed E-state index contributed by atoms with van der Waals surface area (Å²) in [6.07, 6.45) is 3.48. The highest BCUT2D eigenvalue weighted by Gasteiger charge is 2.11.